The number of pyridine rings is 1. The van der Waals surface area contributed by atoms with Gasteiger partial charge in [-0.2, -0.15) is 0 Å². The minimum Gasteiger partial charge on any atom is -0.359 e. The van der Waals surface area contributed by atoms with Gasteiger partial charge in [-0.25, -0.2) is 0 Å². The van der Waals surface area contributed by atoms with E-state index in [4.69, 9.17) is 16.1 Å². The van der Waals surface area contributed by atoms with Crippen molar-refractivity contribution in [2.75, 3.05) is 11.9 Å². The quantitative estimate of drug-likeness (QED) is 0.463. The highest BCUT2D eigenvalue weighted by molar-refractivity contribution is 7.17. The Kier molecular flexibility index (Phi) is 5.59. The van der Waals surface area contributed by atoms with Crippen LogP contribution in [-0.4, -0.2) is 23.1 Å². The Hall–Kier alpha value is -3.16. The number of aromatic nitrogens is 2. The van der Waals surface area contributed by atoms with Gasteiger partial charge in [0.25, 0.3) is 5.91 Å². The van der Waals surface area contributed by atoms with E-state index in [-0.39, 0.29) is 12.5 Å². The molecule has 0 atom stereocenters. The molecule has 0 saturated heterocycles. The monoisotopic (exact) mass is 424 g/mol. The van der Waals surface area contributed by atoms with Gasteiger partial charge in [-0.1, -0.05) is 28.9 Å². The van der Waals surface area contributed by atoms with Crippen LogP contribution in [0.4, 0.5) is 11.4 Å². The van der Waals surface area contributed by atoms with Crippen LogP contribution in [0.25, 0.3) is 11.3 Å². The second-order valence-corrected chi connectivity index (χ2v) is 7.99. The summed E-state index contributed by atoms with van der Waals surface area (Å²) in [6, 6.07) is 17.1. The maximum absolute atomic E-state index is 12.1. The van der Waals surface area contributed by atoms with E-state index in [9.17, 15) is 4.79 Å². The molecule has 0 saturated carbocycles. The number of hydrogen-bond acceptors (Lipinski definition) is 6. The molecule has 0 spiro atoms. The summed E-state index contributed by atoms with van der Waals surface area (Å²) < 4.78 is 5.93. The number of anilines is 2. The molecule has 1 N–H and O–H groups in total. The number of halogens is 1. The summed E-state index contributed by atoms with van der Waals surface area (Å²) in [6.07, 6.45) is 3.53. The number of nitrogens with zero attached hydrogens (tertiary/aromatic N) is 3. The zero-order chi connectivity index (χ0) is 20.2. The van der Waals surface area contributed by atoms with Crippen LogP contribution in [0.3, 0.4) is 0 Å². The molecule has 1 amide bonds. The molecule has 0 aliphatic carbocycles. The largest absolute Gasteiger partial charge is 0.359 e. The molecule has 8 heteroatoms. The normalized spacial score (nSPS) is 10.7. The zero-order valence-electron chi connectivity index (χ0n) is 15.5. The highest BCUT2D eigenvalue weighted by Gasteiger charge is 2.12. The Bertz CT molecular complexity index is 1110. The van der Waals surface area contributed by atoms with Gasteiger partial charge >= 0.3 is 0 Å². The molecular weight excluding hydrogens is 408 g/mol. The van der Waals surface area contributed by atoms with Gasteiger partial charge in [-0.15, -0.1) is 11.3 Å². The molecule has 4 rings (SSSR count). The van der Waals surface area contributed by atoms with Gasteiger partial charge < -0.3 is 14.7 Å². The smallest absolute Gasteiger partial charge is 0.261 e. The molecule has 1 aromatic carbocycles. The Morgan fingerprint density at radius 3 is 2.52 bits per heavy atom. The maximum atomic E-state index is 12.1. The minimum atomic E-state index is -0.191. The number of hydrogen-bond donors (Lipinski definition) is 1. The second-order valence-electron chi connectivity index (χ2n) is 6.28. The van der Waals surface area contributed by atoms with Crippen molar-refractivity contribution < 1.29 is 9.32 Å². The highest BCUT2D eigenvalue weighted by Crippen LogP contribution is 2.27. The summed E-state index contributed by atoms with van der Waals surface area (Å²) in [7, 11) is 2.00. The van der Waals surface area contributed by atoms with Crippen LogP contribution in [0, 0.1) is 0 Å². The molecule has 0 aliphatic heterocycles. The Labute approximate surface area is 176 Å². The lowest BCUT2D eigenvalue weighted by Crippen LogP contribution is -2.21. The molecule has 3 heterocycles. The summed E-state index contributed by atoms with van der Waals surface area (Å²) in [6.45, 7) is 0.254. The topological polar surface area (TPSA) is 71.3 Å². The standard InChI is InChI=1S/C21H17ClN4O2S/c1-26(16-8-10-23-11-9-16)15-4-2-14(3-5-15)18-12-17(28-25-18)13-24-21(27)19-6-7-20(22)29-19/h2-12H,13H2,1H3,(H,24,27). The molecule has 6 nitrogen and oxygen atoms in total. The van der Waals surface area contributed by atoms with Crippen molar-refractivity contribution in [3.63, 3.8) is 0 Å². The van der Waals surface area contributed by atoms with Gasteiger partial charge in [0.05, 0.1) is 15.8 Å². The van der Waals surface area contributed by atoms with Gasteiger partial charge in [-0.3, -0.25) is 9.78 Å². The Morgan fingerprint density at radius 1 is 1.10 bits per heavy atom. The number of thiophene rings is 1. The van der Waals surface area contributed by atoms with E-state index >= 15 is 0 Å². The van der Waals surface area contributed by atoms with Crippen molar-refractivity contribution in [2.45, 2.75) is 6.54 Å². The summed E-state index contributed by atoms with van der Waals surface area (Å²) in [5.74, 6) is 0.386. The molecular formula is C21H17ClN4O2S. The predicted octanol–water partition coefficient (Wildman–Crippen LogP) is 5.15. The van der Waals surface area contributed by atoms with Crippen molar-refractivity contribution in [3.05, 3.63) is 82.0 Å². The number of benzene rings is 1. The maximum Gasteiger partial charge on any atom is 0.261 e. The van der Waals surface area contributed by atoms with Gasteiger partial charge in [0.2, 0.25) is 0 Å². The van der Waals surface area contributed by atoms with Crippen LogP contribution in [0.1, 0.15) is 15.4 Å². The van der Waals surface area contributed by atoms with E-state index in [0.717, 1.165) is 16.9 Å². The molecule has 29 heavy (non-hydrogen) atoms. The van der Waals surface area contributed by atoms with Crippen molar-refractivity contribution in [3.8, 4) is 11.3 Å². The molecule has 4 aromatic rings. The van der Waals surface area contributed by atoms with Gasteiger partial charge in [0, 0.05) is 42.4 Å². The highest BCUT2D eigenvalue weighted by atomic mass is 35.5. The van der Waals surface area contributed by atoms with Crippen LogP contribution in [0.5, 0.6) is 0 Å². The average Bonchev–Trinajstić information content (AvgIpc) is 3.41. The first-order chi connectivity index (χ1) is 14.1. The van der Waals surface area contributed by atoms with Crippen molar-refractivity contribution in [2.24, 2.45) is 0 Å². The van der Waals surface area contributed by atoms with E-state index in [1.54, 1.807) is 24.5 Å². The first-order valence-corrected chi connectivity index (χ1v) is 10.0. The van der Waals surface area contributed by atoms with Gasteiger partial charge in [-0.05, 0) is 36.4 Å². The lowest BCUT2D eigenvalue weighted by atomic mass is 10.1. The van der Waals surface area contributed by atoms with Crippen molar-refractivity contribution >= 4 is 40.2 Å². The second kappa shape index (κ2) is 8.46. The van der Waals surface area contributed by atoms with E-state index in [1.807, 2.05) is 49.5 Å². The number of nitrogens with one attached hydrogen (secondary N) is 1. The first kappa shape index (κ1) is 19.2. The van der Waals surface area contributed by atoms with E-state index < -0.39 is 0 Å². The summed E-state index contributed by atoms with van der Waals surface area (Å²) in [4.78, 5) is 18.8. The molecule has 0 bridgehead atoms. The first-order valence-electron chi connectivity index (χ1n) is 8.83. The summed E-state index contributed by atoms with van der Waals surface area (Å²) >= 11 is 7.10. The van der Waals surface area contributed by atoms with Crippen LogP contribution in [-0.2, 0) is 6.54 Å². The average molecular weight is 425 g/mol. The molecule has 0 aliphatic rings. The molecule has 146 valence electrons. The third kappa shape index (κ3) is 4.47. The number of carbonyl (C=O) groups excluding carboxylic acids is 1. The van der Waals surface area contributed by atoms with Crippen LogP contribution < -0.4 is 10.2 Å². The van der Waals surface area contributed by atoms with Crippen molar-refractivity contribution in [1.82, 2.24) is 15.5 Å². The molecule has 0 fully saturated rings. The summed E-state index contributed by atoms with van der Waals surface area (Å²) in [5, 5.41) is 6.91. The molecule has 0 unspecified atom stereocenters. The van der Waals surface area contributed by atoms with Crippen molar-refractivity contribution in [1.29, 1.82) is 0 Å². The third-order valence-electron chi connectivity index (χ3n) is 4.38. The van der Waals surface area contributed by atoms with Crippen LogP contribution in [0.15, 0.2) is 71.5 Å². The lowest BCUT2D eigenvalue weighted by Gasteiger charge is -2.19. The molecule has 3 aromatic heterocycles. The van der Waals surface area contributed by atoms with Gasteiger partial charge in [0.15, 0.2) is 5.76 Å². The van der Waals surface area contributed by atoms with Crippen LogP contribution in [0.2, 0.25) is 4.34 Å². The third-order valence-corrected chi connectivity index (χ3v) is 5.61. The minimum absolute atomic E-state index is 0.191. The number of carbonyl (C=O) groups is 1. The summed E-state index contributed by atoms with van der Waals surface area (Å²) in [5.41, 5.74) is 3.75. The van der Waals surface area contributed by atoms with E-state index in [0.29, 0.717) is 20.7 Å². The van der Waals surface area contributed by atoms with Gasteiger partial charge in [0.1, 0.15) is 5.69 Å². The van der Waals surface area contributed by atoms with E-state index in [1.165, 1.54) is 11.3 Å². The fourth-order valence-electron chi connectivity index (χ4n) is 2.80. The Balaban J connectivity index is 1.41. The predicted molar refractivity (Wildman–Crippen MR) is 115 cm³/mol. The number of rotatable bonds is 6. The molecule has 0 radical (unpaired) electrons. The zero-order valence-corrected chi connectivity index (χ0v) is 17.1. The van der Waals surface area contributed by atoms with E-state index in [2.05, 4.69) is 20.4 Å². The van der Waals surface area contributed by atoms with Crippen LogP contribution >= 0.6 is 22.9 Å². The fraction of sp³-hybridized carbons (Fsp3) is 0.0952. The Morgan fingerprint density at radius 2 is 1.83 bits per heavy atom. The SMILES string of the molecule is CN(c1ccncc1)c1ccc(-c2cc(CNC(=O)c3ccc(Cl)s3)on2)cc1. The fourth-order valence-corrected chi connectivity index (χ4v) is 3.76. The lowest BCUT2D eigenvalue weighted by molar-refractivity contribution is 0.0951. The number of amides is 1.